The summed E-state index contributed by atoms with van der Waals surface area (Å²) in [6, 6.07) is 7.16. The maximum Gasteiger partial charge on any atom is 0.191 e. The molecule has 0 spiro atoms. The van der Waals surface area contributed by atoms with E-state index >= 15 is 4.39 Å². The summed E-state index contributed by atoms with van der Waals surface area (Å²) in [6.45, 7) is 5.09. The van der Waals surface area contributed by atoms with E-state index in [1.165, 1.54) is 31.7 Å². The van der Waals surface area contributed by atoms with Gasteiger partial charge in [-0.3, -0.25) is 0 Å². The van der Waals surface area contributed by atoms with Gasteiger partial charge in [0.25, 0.3) is 0 Å². The summed E-state index contributed by atoms with van der Waals surface area (Å²) in [5.74, 6) is -0.581. The highest BCUT2D eigenvalue weighted by atomic mass is 19.1. The monoisotopic (exact) mass is 402 g/mol. The van der Waals surface area contributed by atoms with Gasteiger partial charge in [-0.1, -0.05) is 51.5 Å². The third-order valence-corrected chi connectivity index (χ3v) is 5.59. The van der Waals surface area contributed by atoms with E-state index in [0.717, 1.165) is 36.1 Å². The Morgan fingerprint density at radius 2 is 1.59 bits per heavy atom. The van der Waals surface area contributed by atoms with Crippen LogP contribution in [-0.2, 0) is 12.8 Å². The first-order chi connectivity index (χ1) is 14.2. The lowest BCUT2D eigenvalue weighted by Crippen LogP contribution is -2.10. The van der Waals surface area contributed by atoms with Gasteiger partial charge < -0.3 is 9.47 Å². The van der Waals surface area contributed by atoms with Gasteiger partial charge >= 0.3 is 0 Å². The molecule has 0 unspecified atom stereocenters. The number of halogens is 2. The lowest BCUT2D eigenvalue weighted by atomic mass is 9.85. The van der Waals surface area contributed by atoms with Gasteiger partial charge in [0.15, 0.2) is 17.4 Å². The number of hydrogen-bond acceptors (Lipinski definition) is 2. The summed E-state index contributed by atoms with van der Waals surface area (Å²) >= 11 is 0. The molecule has 0 amide bonds. The van der Waals surface area contributed by atoms with Gasteiger partial charge in [0.05, 0.1) is 13.2 Å². The molecule has 0 radical (unpaired) electrons. The maximum absolute atomic E-state index is 15.0. The van der Waals surface area contributed by atoms with E-state index in [9.17, 15) is 4.39 Å². The SMILES string of the molecule is CCCCCCCCCOc1c(F)cc2c(c1F)CCc1cc(OCC)ccc1-2. The van der Waals surface area contributed by atoms with Crippen LogP contribution in [0.15, 0.2) is 24.3 Å². The first kappa shape index (κ1) is 21.6. The molecule has 1 aliphatic rings. The van der Waals surface area contributed by atoms with Crippen LogP contribution in [0.2, 0.25) is 0 Å². The van der Waals surface area contributed by atoms with Gasteiger partial charge in [0.2, 0.25) is 0 Å². The third-order valence-electron chi connectivity index (χ3n) is 5.59. The molecule has 2 nitrogen and oxygen atoms in total. The van der Waals surface area contributed by atoms with Crippen LogP contribution in [-0.4, -0.2) is 13.2 Å². The van der Waals surface area contributed by atoms with Crippen molar-refractivity contribution in [1.29, 1.82) is 0 Å². The van der Waals surface area contributed by atoms with Crippen LogP contribution in [0.4, 0.5) is 8.78 Å². The highest BCUT2D eigenvalue weighted by molar-refractivity contribution is 5.75. The first-order valence-electron chi connectivity index (χ1n) is 11.1. The summed E-state index contributed by atoms with van der Waals surface area (Å²) in [5, 5.41) is 0. The quantitative estimate of drug-likeness (QED) is 0.368. The van der Waals surface area contributed by atoms with E-state index in [1.54, 1.807) is 0 Å². The molecular weight excluding hydrogens is 370 g/mol. The van der Waals surface area contributed by atoms with Crippen molar-refractivity contribution >= 4 is 0 Å². The fraction of sp³-hybridized carbons (Fsp3) is 0.520. The van der Waals surface area contributed by atoms with E-state index in [4.69, 9.17) is 9.47 Å². The Labute approximate surface area is 173 Å². The molecule has 0 aliphatic heterocycles. The lowest BCUT2D eigenvalue weighted by Gasteiger charge is -2.23. The van der Waals surface area contributed by atoms with Crippen molar-refractivity contribution in [2.45, 2.75) is 71.6 Å². The van der Waals surface area contributed by atoms with Gasteiger partial charge in [0.1, 0.15) is 5.75 Å². The molecular formula is C25H32F2O2. The number of ether oxygens (including phenoxy) is 2. The van der Waals surface area contributed by atoms with Crippen molar-refractivity contribution in [2.24, 2.45) is 0 Å². The number of rotatable bonds is 11. The zero-order valence-corrected chi connectivity index (χ0v) is 17.7. The molecule has 0 aromatic heterocycles. The molecule has 0 N–H and O–H groups in total. The molecule has 0 saturated heterocycles. The molecule has 0 saturated carbocycles. The fourth-order valence-corrected chi connectivity index (χ4v) is 4.05. The second-order valence-electron chi connectivity index (χ2n) is 7.75. The van der Waals surface area contributed by atoms with Crippen LogP contribution in [0.1, 0.15) is 69.9 Å². The smallest absolute Gasteiger partial charge is 0.191 e. The molecule has 0 fully saturated rings. The Morgan fingerprint density at radius 3 is 2.34 bits per heavy atom. The Hall–Kier alpha value is -2.10. The van der Waals surface area contributed by atoms with Crippen molar-refractivity contribution < 1.29 is 18.3 Å². The molecule has 2 aromatic carbocycles. The molecule has 29 heavy (non-hydrogen) atoms. The predicted octanol–water partition coefficient (Wildman–Crippen LogP) is 7.26. The normalized spacial score (nSPS) is 12.4. The topological polar surface area (TPSA) is 18.5 Å². The van der Waals surface area contributed by atoms with E-state index in [0.29, 0.717) is 37.2 Å². The lowest BCUT2D eigenvalue weighted by molar-refractivity contribution is 0.274. The summed E-state index contributed by atoms with van der Waals surface area (Å²) in [5.41, 5.74) is 3.13. The third kappa shape index (κ3) is 5.29. The maximum atomic E-state index is 15.0. The van der Waals surface area contributed by atoms with Crippen LogP contribution in [0.3, 0.4) is 0 Å². The Balaban J connectivity index is 1.66. The van der Waals surface area contributed by atoms with E-state index in [1.807, 2.05) is 25.1 Å². The van der Waals surface area contributed by atoms with E-state index in [2.05, 4.69) is 6.92 Å². The first-order valence-corrected chi connectivity index (χ1v) is 11.1. The number of unbranched alkanes of at least 4 members (excludes halogenated alkanes) is 6. The van der Waals surface area contributed by atoms with Crippen molar-refractivity contribution in [2.75, 3.05) is 13.2 Å². The zero-order valence-electron chi connectivity index (χ0n) is 17.7. The zero-order chi connectivity index (χ0) is 20.6. The van der Waals surface area contributed by atoms with Crippen molar-refractivity contribution in [3.05, 3.63) is 47.0 Å². The minimum atomic E-state index is -0.620. The van der Waals surface area contributed by atoms with Gasteiger partial charge in [-0.15, -0.1) is 0 Å². The van der Waals surface area contributed by atoms with Crippen LogP contribution < -0.4 is 9.47 Å². The largest absolute Gasteiger partial charge is 0.494 e. The van der Waals surface area contributed by atoms with Crippen molar-refractivity contribution in [3.63, 3.8) is 0 Å². The molecule has 3 rings (SSSR count). The molecule has 1 aliphatic carbocycles. The number of hydrogen-bond donors (Lipinski definition) is 0. The van der Waals surface area contributed by atoms with Gasteiger partial charge in [-0.2, -0.15) is 0 Å². The summed E-state index contributed by atoms with van der Waals surface area (Å²) in [7, 11) is 0. The summed E-state index contributed by atoms with van der Waals surface area (Å²) in [4.78, 5) is 0. The predicted molar refractivity (Wildman–Crippen MR) is 114 cm³/mol. The average Bonchev–Trinajstić information content (AvgIpc) is 2.72. The van der Waals surface area contributed by atoms with Crippen LogP contribution in [0.5, 0.6) is 11.5 Å². The summed E-state index contributed by atoms with van der Waals surface area (Å²) < 4.78 is 40.8. The van der Waals surface area contributed by atoms with Gasteiger partial charge in [-0.25, -0.2) is 8.78 Å². The number of benzene rings is 2. The van der Waals surface area contributed by atoms with Gasteiger partial charge in [0, 0.05) is 5.56 Å². The second-order valence-corrected chi connectivity index (χ2v) is 7.75. The second kappa shape index (κ2) is 10.6. The van der Waals surface area contributed by atoms with Crippen molar-refractivity contribution in [3.8, 4) is 22.6 Å². The molecule has 0 bridgehead atoms. The average molecular weight is 403 g/mol. The van der Waals surface area contributed by atoms with E-state index < -0.39 is 11.6 Å². The van der Waals surface area contributed by atoms with Crippen LogP contribution >= 0.6 is 0 Å². The molecule has 0 heterocycles. The van der Waals surface area contributed by atoms with E-state index in [-0.39, 0.29) is 5.75 Å². The Kier molecular flexibility index (Phi) is 7.91. The molecule has 0 atom stereocenters. The summed E-state index contributed by atoms with van der Waals surface area (Å²) in [6.07, 6.45) is 9.26. The number of fused-ring (bicyclic) bond motifs is 3. The molecule has 2 aromatic rings. The highest BCUT2D eigenvalue weighted by Crippen LogP contribution is 2.40. The Morgan fingerprint density at radius 1 is 0.828 bits per heavy atom. The minimum absolute atomic E-state index is 0.218. The number of aryl methyl sites for hydroxylation is 1. The molecule has 4 heteroatoms. The van der Waals surface area contributed by atoms with Crippen LogP contribution in [0.25, 0.3) is 11.1 Å². The Bertz CT molecular complexity index is 817. The van der Waals surface area contributed by atoms with Crippen LogP contribution in [0, 0.1) is 11.6 Å². The minimum Gasteiger partial charge on any atom is -0.494 e. The van der Waals surface area contributed by atoms with Crippen molar-refractivity contribution in [1.82, 2.24) is 0 Å². The fourth-order valence-electron chi connectivity index (χ4n) is 4.05. The van der Waals surface area contributed by atoms with Gasteiger partial charge in [-0.05, 0) is 61.1 Å². The molecule has 158 valence electrons. The standard InChI is InChI=1S/C25H32F2O2/c1-3-5-6-7-8-9-10-15-29-25-23(26)17-22-20-14-12-19(28-4-2)16-18(20)11-13-21(22)24(25)27/h12,14,16-17H,3-11,13,15H2,1-2H3. The highest BCUT2D eigenvalue weighted by Gasteiger charge is 2.25.